The first kappa shape index (κ1) is 22.9. The molecule has 3 N–H and O–H groups in total. The van der Waals surface area contributed by atoms with E-state index in [0.29, 0.717) is 17.7 Å². The minimum atomic E-state index is -0.225. The van der Waals surface area contributed by atoms with Gasteiger partial charge in [0.1, 0.15) is 0 Å². The van der Waals surface area contributed by atoms with Gasteiger partial charge in [-0.3, -0.25) is 19.8 Å². The molecular weight excluding hydrogens is 398 g/mol. The number of thiazole rings is 1. The molecule has 8 heteroatoms. The zero-order valence-corrected chi connectivity index (χ0v) is 18.6. The van der Waals surface area contributed by atoms with Crippen LogP contribution in [0.1, 0.15) is 56.2 Å². The van der Waals surface area contributed by atoms with Crippen molar-refractivity contribution in [2.75, 3.05) is 31.5 Å². The maximum atomic E-state index is 12.0. The van der Waals surface area contributed by atoms with E-state index >= 15 is 0 Å². The van der Waals surface area contributed by atoms with Crippen LogP contribution in [-0.4, -0.2) is 53.9 Å². The highest BCUT2D eigenvalue weighted by Crippen LogP contribution is 2.24. The number of amides is 2. The van der Waals surface area contributed by atoms with E-state index in [9.17, 15) is 9.59 Å². The zero-order chi connectivity index (χ0) is 21.2. The number of carbonyl (C=O) groups is 2. The molecule has 0 spiro atoms. The van der Waals surface area contributed by atoms with Crippen LogP contribution in [0.25, 0.3) is 0 Å². The van der Waals surface area contributed by atoms with Crippen LogP contribution >= 0.6 is 11.3 Å². The monoisotopic (exact) mass is 433 g/mol. The third kappa shape index (κ3) is 7.81. The summed E-state index contributed by atoms with van der Waals surface area (Å²) in [6, 6.07) is 0.394. The lowest BCUT2D eigenvalue weighted by Crippen LogP contribution is -2.41. The molecule has 7 nitrogen and oxygen atoms in total. The van der Waals surface area contributed by atoms with Crippen molar-refractivity contribution >= 4 is 28.3 Å². The van der Waals surface area contributed by atoms with Gasteiger partial charge < -0.3 is 10.6 Å². The van der Waals surface area contributed by atoms with Crippen molar-refractivity contribution in [3.63, 3.8) is 0 Å². The highest BCUT2D eigenvalue weighted by Gasteiger charge is 2.20. The van der Waals surface area contributed by atoms with Crippen LogP contribution in [0.2, 0.25) is 0 Å². The Morgan fingerprint density at radius 2 is 1.97 bits per heavy atom. The summed E-state index contributed by atoms with van der Waals surface area (Å²) < 4.78 is 0. The summed E-state index contributed by atoms with van der Waals surface area (Å²) in [5, 5.41) is 9.82. The number of aromatic nitrogens is 1. The number of anilines is 1. The van der Waals surface area contributed by atoms with Crippen LogP contribution in [0.3, 0.4) is 0 Å². The number of piperidine rings is 1. The van der Waals surface area contributed by atoms with E-state index in [1.165, 1.54) is 54.4 Å². The predicted molar refractivity (Wildman–Crippen MR) is 121 cm³/mol. The topological polar surface area (TPSA) is 86.4 Å². The molecule has 1 aliphatic heterocycles. The van der Waals surface area contributed by atoms with Crippen molar-refractivity contribution in [1.29, 1.82) is 0 Å². The lowest BCUT2D eigenvalue weighted by atomic mass is 9.93. The smallest absolute Gasteiger partial charge is 0.249 e. The molecule has 0 bridgehead atoms. The average Bonchev–Trinajstić information content (AvgIpc) is 3.19. The van der Waals surface area contributed by atoms with E-state index in [-0.39, 0.29) is 11.8 Å². The Balaban J connectivity index is 1.25. The molecule has 1 aromatic heterocycles. The van der Waals surface area contributed by atoms with E-state index in [1.807, 2.05) is 6.20 Å². The Morgan fingerprint density at radius 1 is 1.20 bits per heavy atom. The number of likely N-dealkylation sites (tertiary alicyclic amines) is 1. The maximum Gasteiger partial charge on any atom is 0.249 e. The SMILES string of the molecule is C=CC(=O)Nc1ncc(CN2CCC(CCNCC(=O)NC3CCCCC3)CC2)s1. The Bertz CT molecular complexity index is 693. The maximum absolute atomic E-state index is 12.0. The standard InChI is InChI=1S/C22H35N5O2S/c1-2-20(28)26-22-24-14-19(30-22)16-27-12-9-17(10-13-27)8-11-23-15-21(29)25-18-6-4-3-5-7-18/h2,14,17-18,23H,1,3-13,15-16H2,(H,25,29)(H,24,26,28). The second-order valence-corrected chi connectivity index (χ2v) is 9.53. The van der Waals surface area contributed by atoms with Gasteiger partial charge in [-0.2, -0.15) is 0 Å². The van der Waals surface area contributed by atoms with Gasteiger partial charge in [-0.1, -0.05) is 25.8 Å². The fourth-order valence-electron chi connectivity index (χ4n) is 4.28. The fraction of sp³-hybridized carbons (Fsp3) is 0.682. The summed E-state index contributed by atoms with van der Waals surface area (Å²) in [7, 11) is 0. The average molecular weight is 434 g/mol. The third-order valence-electron chi connectivity index (χ3n) is 6.04. The molecule has 2 heterocycles. The van der Waals surface area contributed by atoms with Gasteiger partial charge in [0.25, 0.3) is 0 Å². The molecule has 2 amide bonds. The molecular formula is C22H35N5O2S. The minimum absolute atomic E-state index is 0.143. The molecule has 30 heavy (non-hydrogen) atoms. The van der Waals surface area contributed by atoms with Gasteiger partial charge >= 0.3 is 0 Å². The van der Waals surface area contributed by atoms with Gasteiger partial charge in [0.15, 0.2) is 5.13 Å². The van der Waals surface area contributed by atoms with Gasteiger partial charge in [0, 0.05) is 23.7 Å². The van der Waals surface area contributed by atoms with Crippen molar-refractivity contribution in [3.8, 4) is 0 Å². The third-order valence-corrected chi connectivity index (χ3v) is 6.94. The molecule has 0 aromatic carbocycles. The first-order valence-electron chi connectivity index (χ1n) is 11.2. The summed E-state index contributed by atoms with van der Waals surface area (Å²) in [6.07, 6.45) is 12.7. The number of hydrogen-bond acceptors (Lipinski definition) is 6. The van der Waals surface area contributed by atoms with E-state index in [1.54, 1.807) is 0 Å². The van der Waals surface area contributed by atoms with Crippen LogP contribution in [-0.2, 0) is 16.1 Å². The Kier molecular flexibility index (Phi) is 9.29. The van der Waals surface area contributed by atoms with Crippen LogP contribution < -0.4 is 16.0 Å². The van der Waals surface area contributed by atoms with Crippen molar-refractivity contribution < 1.29 is 9.59 Å². The summed E-state index contributed by atoms with van der Waals surface area (Å²) >= 11 is 1.52. The molecule has 3 rings (SSSR count). The van der Waals surface area contributed by atoms with Gasteiger partial charge in [-0.15, -0.1) is 11.3 Å². The first-order valence-corrected chi connectivity index (χ1v) is 12.0. The molecule has 1 saturated carbocycles. The van der Waals surface area contributed by atoms with Crippen molar-refractivity contribution in [1.82, 2.24) is 20.5 Å². The predicted octanol–water partition coefficient (Wildman–Crippen LogP) is 2.91. The molecule has 166 valence electrons. The van der Waals surface area contributed by atoms with E-state index in [0.717, 1.165) is 51.4 Å². The van der Waals surface area contributed by atoms with Crippen LogP contribution in [0.4, 0.5) is 5.13 Å². The lowest BCUT2D eigenvalue weighted by molar-refractivity contribution is -0.121. The summed E-state index contributed by atoms with van der Waals surface area (Å²) in [4.78, 5) is 31.3. The zero-order valence-electron chi connectivity index (χ0n) is 17.8. The first-order chi connectivity index (χ1) is 14.6. The highest BCUT2D eigenvalue weighted by molar-refractivity contribution is 7.15. The van der Waals surface area contributed by atoms with Gasteiger partial charge in [0.2, 0.25) is 11.8 Å². The highest BCUT2D eigenvalue weighted by atomic mass is 32.1. The molecule has 0 atom stereocenters. The van der Waals surface area contributed by atoms with Crippen molar-refractivity contribution in [2.24, 2.45) is 5.92 Å². The Labute approximate surface area is 183 Å². The fourth-order valence-corrected chi connectivity index (χ4v) is 5.14. The largest absolute Gasteiger partial charge is 0.352 e. The molecule has 1 aliphatic carbocycles. The second-order valence-electron chi connectivity index (χ2n) is 8.41. The summed E-state index contributed by atoms with van der Waals surface area (Å²) in [5.41, 5.74) is 0. The van der Waals surface area contributed by atoms with Gasteiger partial charge in [-0.25, -0.2) is 4.98 Å². The lowest BCUT2D eigenvalue weighted by Gasteiger charge is -2.31. The Morgan fingerprint density at radius 3 is 2.70 bits per heavy atom. The van der Waals surface area contributed by atoms with Gasteiger partial charge in [-0.05, 0) is 63.7 Å². The Hall–Kier alpha value is -1.77. The molecule has 2 fully saturated rings. The van der Waals surface area contributed by atoms with Crippen LogP contribution in [0.15, 0.2) is 18.9 Å². The van der Waals surface area contributed by atoms with Crippen molar-refractivity contribution in [2.45, 2.75) is 64.0 Å². The van der Waals surface area contributed by atoms with E-state index in [4.69, 9.17) is 0 Å². The quantitative estimate of drug-likeness (QED) is 0.390. The summed E-state index contributed by atoms with van der Waals surface area (Å²) in [6.45, 7) is 7.85. The normalized spacial score (nSPS) is 18.8. The van der Waals surface area contributed by atoms with E-state index in [2.05, 4.69) is 32.4 Å². The molecule has 0 unspecified atom stereocenters. The number of hydrogen-bond donors (Lipinski definition) is 3. The summed E-state index contributed by atoms with van der Waals surface area (Å²) in [5.74, 6) is 0.640. The number of rotatable bonds is 10. The number of carbonyl (C=O) groups excluding carboxylic acids is 2. The molecule has 1 aromatic rings. The minimum Gasteiger partial charge on any atom is -0.352 e. The number of nitrogens with zero attached hydrogens (tertiary/aromatic N) is 2. The molecule has 2 aliphatic rings. The molecule has 0 radical (unpaired) electrons. The number of nitrogens with one attached hydrogen (secondary N) is 3. The van der Waals surface area contributed by atoms with Crippen LogP contribution in [0.5, 0.6) is 0 Å². The van der Waals surface area contributed by atoms with Gasteiger partial charge in [0.05, 0.1) is 6.54 Å². The second kappa shape index (κ2) is 12.2. The van der Waals surface area contributed by atoms with E-state index < -0.39 is 0 Å². The molecule has 1 saturated heterocycles. The van der Waals surface area contributed by atoms with Crippen LogP contribution in [0, 0.1) is 5.92 Å². The van der Waals surface area contributed by atoms with Crippen molar-refractivity contribution in [3.05, 3.63) is 23.7 Å².